The molecule has 20 heavy (non-hydrogen) atoms. The van der Waals surface area contributed by atoms with E-state index in [1.165, 1.54) is 4.90 Å². The largest absolute Gasteiger partial charge is 0.481 e. The summed E-state index contributed by atoms with van der Waals surface area (Å²) in [7, 11) is 0. The summed E-state index contributed by atoms with van der Waals surface area (Å²) in [5.41, 5.74) is 0. The molecule has 1 fully saturated rings. The van der Waals surface area contributed by atoms with Crippen LogP contribution in [0.2, 0.25) is 0 Å². The highest BCUT2D eigenvalue weighted by molar-refractivity contribution is 5.86. The molecule has 2 amide bonds. The van der Waals surface area contributed by atoms with E-state index in [-0.39, 0.29) is 12.5 Å². The van der Waals surface area contributed by atoms with Gasteiger partial charge in [-0.1, -0.05) is 0 Å². The molecule has 0 aromatic heterocycles. The molecule has 0 spiro atoms. The predicted molar refractivity (Wildman–Crippen MR) is 68.2 cm³/mol. The molecule has 1 aliphatic heterocycles. The van der Waals surface area contributed by atoms with E-state index in [0.29, 0.717) is 19.5 Å². The number of urea groups is 1. The third kappa shape index (κ3) is 5.04. The van der Waals surface area contributed by atoms with Crippen molar-refractivity contribution in [2.24, 2.45) is 5.92 Å². The van der Waals surface area contributed by atoms with Crippen molar-refractivity contribution in [3.8, 4) is 0 Å². The minimum atomic E-state index is -1.43. The Morgan fingerprint density at radius 3 is 2.55 bits per heavy atom. The lowest BCUT2D eigenvalue weighted by molar-refractivity contribution is -0.145. The quantitative estimate of drug-likeness (QED) is 0.532. The molecule has 1 saturated heterocycles. The van der Waals surface area contributed by atoms with Gasteiger partial charge >= 0.3 is 18.0 Å². The average molecular weight is 288 g/mol. The van der Waals surface area contributed by atoms with Crippen molar-refractivity contribution in [1.82, 2.24) is 10.2 Å². The first-order valence-corrected chi connectivity index (χ1v) is 6.55. The molecule has 0 aromatic carbocycles. The van der Waals surface area contributed by atoms with Crippen molar-refractivity contribution >= 4 is 18.0 Å². The van der Waals surface area contributed by atoms with E-state index in [9.17, 15) is 14.4 Å². The van der Waals surface area contributed by atoms with Crippen LogP contribution in [0.3, 0.4) is 0 Å². The van der Waals surface area contributed by atoms with Gasteiger partial charge in [-0.15, -0.1) is 0 Å². The number of nitrogens with zero attached hydrogens (tertiary/aromatic N) is 1. The van der Waals surface area contributed by atoms with Crippen molar-refractivity contribution in [1.29, 1.82) is 0 Å². The van der Waals surface area contributed by atoms with Gasteiger partial charge in [0, 0.05) is 19.7 Å². The molecule has 8 heteroatoms. The van der Waals surface area contributed by atoms with E-state index < -0.39 is 30.4 Å². The van der Waals surface area contributed by atoms with Gasteiger partial charge in [0.1, 0.15) is 6.04 Å². The summed E-state index contributed by atoms with van der Waals surface area (Å²) in [6.45, 7) is 1.01. The van der Waals surface area contributed by atoms with Crippen LogP contribution in [0.25, 0.3) is 0 Å². The summed E-state index contributed by atoms with van der Waals surface area (Å²) < 4.78 is 0. The van der Waals surface area contributed by atoms with E-state index in [4.69, 9.17) is 15.3 Å². The highest BCUT2D eigenvalue weighted by Crippen LogP contribution is 2.19. The van der Waals surface area contributed by atoms with Crippen molar-refractivity contribution in [2.45, 2.75) is 31.7 Å². The van der Waals surface area contributed by atoms with Gasteiger partial charge in [0.15, 0.2) is 0 Å². The molecule has 0 aliphatic carbocycles. The van der Waals surface area contributed by atoms with Crippen LogP contribution in [0.5, 0.6) is 0 Å². The number of rotatable bonds is 6. The molecule has 0 aromatic rings. The normalized spacial score (nSPS) is 20.2. The molecule has 1 aliphatic rings. The number of aliphatic carboxylic acids is 2. The fraction of sp³-hybridized carbons (Fsp3) is 0.750. The highest BCUT2D eigenvalue weighted by Gasteiger charge is 2.28. The van der Waals surface area contributed by atoms with Crippen LogP contribution >= 0.6 is 0 Å². The van der Waals surface area contributed by atoms with Gasteiger partial charge in [-0.3, -0.25) is 4.79 Å². The number of hydrogen-bond donors (Lipinski definition) is 4. The number of carboxylic acids is 2. The second-order valence-corrected chi connectivity index (χ2v) is 4.90. The smallest absolute Gasteiger partial charge is 0.326 e. The van der Waals surface area contributed by atoms with Crippen molar-refractivity contribution in [3.05, 3.63) is 0 Å². The van der Waals surface area contributed by atoms with Gasteiger partial charge in [-0.25, -0.2) is 9.59 Å². The molecule has 0 radical (unpaired) electrons. The van der Waals surface area contributed by atoms with Gasteiger partial charge in [-0.05, 0) is 25.2 Å². The molecule has 1 rings (SSSR count). The number of piperidine rings is 1. The van der Waals surface area contributed by atoms with Crippen molar-refractivity contribution in [3.63, 3.8) is 0 Å². The predicted octanol–water partition coefficient (Wildman–Crippen LogP) is -0.282. The van der Waals surface area contributed by atoms with Crippen LogP contribution in [0, 0.1) is 5.92 Å². The van der Waals surface area contributed by atoms with Crippen LogP contribution < -0.4 is 5.32 Å². The number of aliphatic hydroxyl groups is 1. The maximum atomic E-state index is 11.9. The average Bonchev–Trinajstić information content (AvgIpc) is 2.38. The lowest BCUT2D eigenvalue weighted by Crippen LogP contribution is -2.51. The van der Waals surface area contributed by atoms with Crippen molar-refractivity contribution < 1.29 is 29.7 Å². The minimum Gasteiger partial charge on any atom is -0.481 e. The number of carbonyl (C=O) groups is 3. The van der Waals surface area contributed by atoms with E-state index in [1.54, 1.807) is 0 Å². The number of aliphatic hydroxyl groups excluding tert-OH is 1. The Kier molecular flexibility index (Phi) is 6.23. The van der Waals surface area contributed by atoms with Gasteiger partial charge < -0.3 is 25.5 Å². The van der Waals surface area contributed by atoms with Gasteiger partial charge in [0.05, 0.1) is 6.42 Å². The van der Waals surface area contributed by atoms with E-state index in [1.807, 2.05) is 0 Å². The second-order valence-electron chi connectivity index (χ2n) is 4.90. The van der Waals surface area contributed by atoms with Gasteiger partial charge in [0.25, 0.3) is 0 Å². The number of nitrogens with one attached hydrogen (secondary N) is 1. The fourth-order valence-corrected chi connectivity index (χ4v) is 2.28. The Morgan fingerprint density at radius 2 is 2.00 bits per heavy atom. The summed E-state index contributed by atoms with van der Waals surface area (Å²) >= 11 is 0. The van der Waals surface area contributed by atoms with Crippen LogP contribution in [-0.2, 0) is 9.59 Å². The second kappa shape index (κ2) is 7.68. The molecule has 0 bridgehead atoms. The number of likely N-dealkylation sites (tertiary alicyclic amines) is 1. The Bertz CT molecular complexity index is 371. The molecule has 1 heterocycles. The Balaban J connectivity index is 2.55. The van der Waals surface area contributed by atoms with Crippen LogP contribution in [0.1, 0.15) is 25.7 Å². The molecule has 0 saturated carbocycles. The van der Waals surface area contributed by atoms with E-state index in [0.717, 1.165) is 12.8 Å². The zero-order chi connectivity index (χ0) is 15.1. The van der Waals surface area contributed by atoms with Crippen LogP contribution in [0.4, 0.5) is 4.79 Å². The lowest BCUT2D eigenvalue weighted by Gasteiger charge is -2.33. The standard InChI is InChI=1S/C12H20N2O6/c15-5-3-8-2-1-4-14(7-8)12(20)13-9(11(18)19)6-10(16)17/h8-9,15H,1-7H2,(H,13,20)(H,16,17)(H,18,19). The summed E-state index contributed by atoms with van der Waals surface area (Å²) in [6.07, 6.45) is 1.65. The summed E-state index contributed by atoms with van der Waals surface area (Å²) in [4.78, 5) is 34.9. The first kappa shape index (κ1) is 16.2. The highest BCUT2D eigenvalue weighted by atomic mass is 16.4. The summed E-state index contributed by atoms with van der Waals surface area (Å²) in [5, 5.41) is 28.6. The monoisotopic (exact) mass is 288 g/mol. The van der Waals surface area contributed by atoms with Crippen LogP contribution in [-0.4, -0.2) is 63.9 Å². The molecule has 2 atom stereocenters. The van der Waals surface area contributed by atoms with Gasteiger partial charge in [-0.2, -0.15) is 0 Å². The SMILES string of the molecule is O=C(O)CC(NC(=O)N1CCCC(CCO)C1)C(=O)O. The first-order valence-electron chi connectivity index (χ1n) is 6.55. The van der Waals surface area contributed by atoms with E-state index >= 15 is 0 Å². The third-order valence-electron chi connectivity index (χ3n) is 3.32. The van der Waals surface area contributed by atoms with Crippen LogP contribution in [0.15, 0.2) is 0 Å². The maximum absolute atomic E-state index is 11.9. The van der Waals surface area contributed by atoms with E-state index in [2.05, 4.69) is 5.32 Å². The Labute approximate surface area is 116 Å². The summed E-state index contributed by atoms with van der Waals surface area (Å²) in [5.74, 6) is -2.46. The number of carbonyl (C=O) groups excluding carboxylic acids is 1. The number of amides is 2. The Hall–Kier alpha value is -1.83. The number of carboxylic acid groups (broad SMARTS) is 2. The fourth-order valence-electron chi connectivity index (χ4n) is 2.28. The maximum Gasteiger partial charge on any atom is 0.326 e. The molecular weight excluding hydrogens is 268 g/mol. The molecule has 4 N–H and O–H groups in total. The molecule has 2 unspecified atom stereocenters. The zero-order valence-electron chi connectivity index (χ0n) is 11.1. The number of hydrogen-bond acceptors (Lipinski definition) is 4. The van der Waals surface area contributed by atoms with Gasteiger partial charge in [0.2, 0.25) is 0 Å². The zero-order valence-corrected chi connectivity index (χ0v) is 11.1. The summed E-state index contributed by atoms with van der Waals surface area (Å²) in [6, 6.07) is -2.00. The first-order chi connectivity index (χ1) is 9.43. The third-order valence-corrected chi connectivity index (χ3v) is 3.32. The molecule has 8 nitrogen and oxygen atoms in total. The Morgan fingerprint density at radius 1 is 1.30 bits per heavy atom. The minimum absolute atomic E-state index is 0.0525. The van der Waals surface area contributed by atoms with Crippen molar-refractivity contribution in [2.75, 3.05) is 19.7 Å². The lowest BCUT2D eigenvalue weighted by atomic mass is 9.95. The molecule has 114 valence electrons. The molecular formula is C12H20N2O6. The topological polar surface area (TPSA) is 127 Å².